The number of phosphoric ester groups is 1. The van der Waals surface area contributed by atoms with Crippen molar-refractivity contribution in [3.8, 4) is 0 Å². The molecule has 26 heteroatoms. The van der Waals surface area contributed by atoms with Crippen LogP contribution >= 0.6 is 7.82 Å². The van der Waals surface area contributed by atoms with Crippen LogP contribution in [0.4, 0.5) is 0 Å². The van der Waals surface area contributed by atoms with E-state index in [0.717, 1.165) is 135 Å². The van der Waals surface area contributed by atoms with Gasteiger partial charge in [0.2, 0.25) is 0 Å². The summed E-state index contributed by atoms with van der Waals surface area (Å²) in [4.78, 5) is 66.4. The van der Waals surface area contributed by atoms with Crippen molar-refractivity contribution in [1.29, 1.82) is 0 Å². The molecule has 18 atom stereocenters. The SMILES string of the molecule is CCCCCC/C=C\CCCCCCCCCC(=O)OC(COC(=O)CCCCCCCCCCCCCCCCCC)COP(=O)(O)OC1C(OC2OC(CO)C(O)C(O)C2O)C(O)C(O)C(OC(=O)CCCCC/C=C\CCCCCCCC)C1OC1OC(COC(=O)CCCCCCCCCCCCCCC)C(O)C(O)C1O. The van der Waals surface area contributed by atoms with Crippen LogP contribution in [0, 0.1) is 0 Å². The summed E-state index contributed by atoms with van der Waals surface area (Å²) >= 11 is 0. The van der Waals surface area contributed by atoms with Crippen molar-refractivity contribution >= 4 is 31.7 Å². The Morgan fingerprint density at radius 3 is 1.04 bits per heavy atom. The van der Waals surface area contributed by atoms with Crippen molar-refractivity contribution in [3.05, 3.63) is 24.3 Å². The van der Waals surface area contributed by atoms with Crippen LogP contribution < -0.4 is 0 Å². The van der Waals surface area contributed by atoms with Crippen molar-refractivity contribution in [3.63, 3.8) is 0 Å². The van der Waals surface area contributed by atoms with E-state index in [1.165, 1.54) is 161 Å². The molecule has 18 unspecified atom stereocenters. The fraction of sp³-hybridized carbons (Fsp3) is 0.911. The molecule has 0 aromatic heterocycles. The predicted molar refractivity (Wildman–Crippen MR) is 449 cm³/mol. The zero-order valence-electron chi connectivity index (χ0n) is 72.3. The molecule has 0 bridgehead atoms. The summed E-state index contributed by atoms with van der Waals surface area (Å²) in [5, 5.41) is 102. The minimum Gasteiger partial charge on any atom is -0.463 e. The van der Waals surface area contributed by atoms with Crippen LogP contribution in [-0.4, -0.2) is 205 Å². The van der Waals surface area contributed by atoms with Crippen molar-refractivity contribution in [2.24, 2.45) is 0 Å². The molecule has 680 valence electrons. The number of hydrogen-bond acceptors (Lipinski definition) is 24. The molecule has 3 rings (SSSR count). The first kappa shape index (κ1) is 107. The molecule has 2 heterocycles. The third-order valence-corrected chi connectivity index (χ3v) is 23.7. The van der Waals surface area contributed by atoms with E-state index in [1.807, 2.05) is 0 Å². The number of allylic oxidation sites excluding steroid dienone is 4. The number of ether oxygens (including phenoxy) is 8. The summed E-state index contributed by atoms with van der Waals surface area (Å²) in [6.07, 6.45) is 29.0. The molecule has 116 heavy (non-hydrogen) atoms. The van der Waals surface area contributed by atoms with E-state index in [0.29, 0.717) is 38.5 Å². The Labute approximate surface area is 698 Å². The Morgan fingerprint density at radius 1 is 0.336 bits per heavy atom. The van der Waals surface area contributed by atoms with E-state index in [4.69, 9.17) is 46.9 Å². The Kier molecular flexibility index (Phi) is 64.1. The second-order valence-corrected chi connectivity index (χ2v) is 34.6. The smallest absolute Gasteiger partial charge is 0.463 e. The highest BCUT2D eigenvalue weighted by Gasteiger charge is 2.60. The first-order valence-corrected chi connectivity index (χ1v) is 48.1. The maximum atomic E-state index is 14.9. The minimum absolute atomic E-state index is 0.0156. The number of aliphatic hydroxyl groups excluding tert-OH is 9. The molecule has 0 amide bonds. The van der Waals surface area contributed by atoms with Gasteiger partial charge in [-0.3, -0.25) is 28.2 Å². The lowest BCUT2D eigenvalue weighted by Crippen LogP contribution is -2.70. The lowest BCUT2D eigenvalue weighted by Gasteiger charge is -2.50. The van der Waals surface area contributed by atoms with Gasteiger partial charge in [-0.05, 0) is 77.0 Å². The number of aliphatic hydroxyl groups is 9. The molecule has 1 aliphatic carbocycles. The average molecular weight is 1680 g/mol. The van der Waals surface area contributed by atoms with Gasteiger partial charge < -0.3 is 88.7 Å². The van der Waals surface area contributed by atoms with Crippen LogP contribution in [0.2, 0.25) is 0 Å². The fourth-order valence-corrected chi connectivity index (χ4v) is 16.2. The number of phosphoric acid groups is 1. The van der Waals surface area contributed by atoms with E-state index in [-0.39, 0.29) is 32.1 Å². The van der Waals surface area contributed by atoms with Crippen LogP contribution in [0.3, 0.4) is 0 Å². The van der Waals surface area contributed by atoms with E-state index in [9.17, 15) is 74.6 Å². The van der Waals surface area contributed by atoms with Gasteiger partial charge in [-0.25, -0.2) is 4.57 Å². The topological polar surface area (TPSA) is 380 Å². The Balaban J connectivity index is 1.92. The molecule has 0 aromatic carbocycles. The number of carbonyl (C=O) groups is 4. The molecule has 1 saturated carbocycles. The van der Waals surface area contributed by atoms with E-state index in [1.54, 1.807) is 0 Å². The first-order valence-electron chi connectivity index (χ1n) is 46.6. The summed E-state index contributed by atoms with van der Waals surface area (Å²) in [5.74, 6) is -2.98. The molecule has 2 aliphatic heterocycles. The molecule has 0 radical (unpaired) electrons. The molecule has 25 nitrogen and oxygen atoms in total. The molecule has 10 N–H and O–H groups in total. The van der Waals surface area contributed by atoms with Crippen LogP contribution in [0.15, 0.2) is 24.3 Å². The number of hydrogen-bond donors (Lipinski definition) is 10. The van der Waals surface area contributed by atoms with Crippen LogP contribution in [0.1, 0.15) is 394 Å². The van der Waals surface area contributed by atoms with E-state index >= 15 is 0 Å². The Morgan fingerprint density at radius 2 is 0.647 bits per heavy atom. The molecular weight excluding hydrogens is 1510 g/mol. The third kappa shape index (κ3) is 49.3. The van der Waals surface area contributed by atoms with Crippen molar-refractivity contribution < 1.29 is 122 Å². The standard InChI is InChI=1S/C90H165O25P/c1-5-9-13-17-21-25-29-33-35-37-40-43-46-50-54-58-62-73(92)106-67-70(109-75(94)64-60-56-52-48-45-41-36-34-30-26-22-18-14-10-6-2)68-108-116(104,105)115-88-86(113-89-83(102)79(98)77(96)71(66-91)110-89)82(101)81(100)85(112-76(95)65-61-57-53-49-44-39-32-28-24-20-16-12-8-4)87(88)114-90-84(103)80(99)78(97)72(111-90)69-107-74(93)63-59-55-51-47-42-38-31-27-23-19-15-11-7-3/h26,30,39,44,70-72,77-91,96-103H,5-25,27-29,31-38,40-43,45-69H2,1-4H3,(H,104,105)/b30-26-,44-39-. The quantitative estimate of drug-likeness (QED) is 0.00889. The van der Waals surface area contributed by atoms with Crippen molar-refractivity contribution in [1.82, 2.24) is 0 Å². The first-order chi connectivity index (χ1) is 56.2. The summed E-state index contributed by atoms with van der Waals surface area (Å²) in [7, 11) is -5.81. The predicted octanol–water partition coefficient (Wildman–Crippen LogP) is 16.9. The zero-order valence-corrected chi connectivity index (χ0v) is 73.2. The minimum atomic E-state index is -5.81. The maximum absolute atomic E-state index is 14.9. The molecule has 0 spiro atoms. The maximum Gasteiger partial charge on any atom is 0.472 e. The van der Waals surface area contributed by atoms with Gasteiger partial charge in [0.1, 0.15) is 92.6 Å². The van der Waals surface area contributed by atoms with Gasteiger partial charge in [0.15, 0.2) is 24.8 Å². The third-order valence-electron chi connectivity index (χ3n) is 22.7. The van der Waals surface area contributed by atoms with E-state index < -0.39 is 162 Å². The fourth-order valence-electron chi connectivity index (χ4n) is 15.2. The second kappa shape index (κ2) is 69.4. The number of carbonyl (C=O) groups excluding carboxylic acids is 4. The number of rotatable bonds is 75. The van der Waals surface area contributed by atoms with Crippen molar-refractivity contribution in [2.75, 3.05) is 26.4 Å². The molecular formula is C90H165O25P. The van der Waals surface area contributed by atoms with Crippen LogP contribution in [-0.2, 0) is 70.7 Å². The highest BCUT2D eigenvalue weighted by molar-refractivity contribution is 7.47. The number of esters is 4. The number of unbranched alkanes of at least 4 members (excludes halogenated alkanes) is 47. The highest BCUT2D eigenvalue weighted by atomic mass is 31.2. The van der Waals surface area contributed by atoms with Gasteiger partial charge in [-0.15, -0.1) is 0 Å². The van der Waals surface area contributed by atoms with Crippen LogP contribution in [0.25, 0.3) is 0 Å². The van der Waals surface area contributed by atoms with Gasteiger partial charge in [0.25, 0.3) is 0 Å². The van der Waals surface area contributed by atoms with Gasteiger partial charge in [0, 0.05) is 25.7 Å². The van der Waals surface area contributed by atoms with Gasteiger partial charge in [-0.1, -0.05) is 315 Å². The lowest BCUT2D eigenvalue weighted by molar-refractivity contribution is -0.360. The van der Waals surface area contributed by atoms with E-state index in [2.05, 4.69) is 52.0 Å². The molecule has 2 saturated heterocycles. The largest absolute Gasteiger partial charge is 0.472 e. The van der Waals surface area contributed by atoms with Crippen molar-refractivity contribution in [2.45, 2.75) is 498 Å². The summed E-state index contributed by atoms with van der Waals surface area (Å²) < 4.78 is 73.3. The molecule has 3 fully saturated rings. The van der Waals surface area contributed by atoms with Gasteiger partial charge in [0.05, 0.1) is 13.2 Å². The molecule has 0 aromatic rings. The van der Waals surface area contributed by atoms with Gasteiger partial charge >= 0.3 is 31.7 Å². The highest BCUT2D eigenvalue weighted by Crippen LogP contribution is 2.49. The van der Waals surface area contributed by atoms with Crippen LogP contribution in [0.5, 0.6) is 0 Å². The summed E-state index contributed by atoms with van der Waals surface area (Å²) in [6.45, 7) is 5.56. The summed E-state index contributed by atoms with van der Waals surface area (Å²) in [6, 6.07) is 0. The summed E-state index contributed by atoms with van der Waals surface area (Å²) in [5.41, 5.74) is 0. The zero-order chi connectivity index (χ0) is 84.7. The monoisotopic (exact) mass is 1680 g/mol. The Hall–Kier alpha value is -3.05. The second-order valence-electron chi connectivity index (χ2n) is 33.2. The molecule has 3 aliphatic rings. The normalized spacial score (nSPS) is 25.2. The van der Waals surface area contributed by atoms with Gasteiger partial charge in [-0.2, -0.15) is 0 Å². The Bertz CT molecular complexity index is 2510. The average Bonchev–Trinajstić information content (AvgIpc) is 0.754. The lowest BCUT2D eigenvalue weighted by atomic mass is 9.84.